The van der Waals surface area contributed by atoms with E-state index in [0.29, 0.717) is 21.8 Å². The molecule has 6 N–H and O–H groups in total. The van der Waals surface area contributed by atoms with E-state index in [0.717, 1.165) is 0 Å². The minimum Gasteiger partial charge on any atom is -0.481 e. The van der Waals surface area contributed by atoms with Crippen molar-refractivity contribution >= 4 is 46.5 Å². The number of anilines is 3. The van der Waals surface area contributed by atoms with Gasteiger partial charge >= 0.3 is 11.9 Å². The molecule has 0 aliphatic heterocycles. The van der Waals surface area contributed by atoms with Gasteiger partial charge in [-0.3, -0.25) is 14.5 Å². The molecule has 0 fully saturated rings. The molecule has 1 aromatic carbocycles. The monoisotopic (exact) mass is 518 g/mol. The molecule has 0 bridgehead atoms. The normalized spacial score (nSPS) is 11.4. The summed E-state index contributed by atoms with van der Waals surface area (Å²) in [4.78, 5) is 54.8. The lowest BCUT2D eigenvalue weighted by Crippen LogP contribution is -2.50. The third-order valence-electron chi connectivity index (χ3n) is 5.47. The number of nitrogen functional groups attached to an aromatic ring is 2. The molecule has 2 aromatic heterocycles. The van der Waals surface area contributed by atoms with Crippen LogP contribution in [-0.2, 0) is 16.1 Å². The fourth-order valence-electron chi connectivity index (χ4n) is 3.63. The zero-order chi connectivity index (χ0) is 28.0. The van der Waals surface area contributed by atoms with Crippen molar-refractivity contribution in [2.45, 2.75) is 31.5 Å². The first-order chi connectivity index (χ1) is 18.0. The van der Waals surface area contributed by atoms with Crippen molar-refractivity contribution in [3.8, 4) is 12.1 Å². The summed E-state index contributed by atoms with van der Waals surface area (Å²) in [5.74, 6) is -3.64. The predicted molar refractivity (Wildman–Crippen MR) is 132 cm³/mol. The van der Waals surface area contributed by atoms with E-state index in [1.165, 1.54) is 18.3 Å². The van der Waals surface area contributed by atoms with E-state index in [1.54, 1.807) is 36.2 Å². The molecule has 0 spiro atoms. The number of carboxylic acids is 2. The Bertz CT molecular complexity index is 1450. The maximum Gasteiger partial charge on any atom is 0.326 e. The van der Waals surface area contributed by atoms with Crippen molar-refractivity contribution in [3.05, 3.63) is 41.7 Å². The summed E-state index contributed by atoms with van der Waals surface area (Å²) in [7, 11) is 1.76. The van der Waals surface area contributed by atoms with Crippen molar-refractivity contribution in [3.63, 3.8) is 0 Å². The van der Waals surface area contributed by atoms with Gasteiger partial charge in [0.25, 0.3) is 5.91 Å². The molecule has 3 aromatic rings. The summed E-state index contributed by atoms with van der Waals surface area (Å²) in [5.41, 5.74) is 13.2. The minimum atomic E-state index is -1.74. The average molecular weight is 518 g/mol. The number of aromatic nitrogens is 4. The van der Waals surface area contributed by atoms with Crippen LogP contribution in [0.4, 0.5) is 17.5 Å². The molecule has 0 aliphatic carbocycles. The van der Waals surface area contributed by atoms with Gasteiger partial charge in [-0.2, -0.15) is 20.5 Å². The number of hydrogen-bond acceptors (Lipinski definition) is 12. The molecule has 1 atom stereocenters. The summed E-state index contributed by atoms with van der Waals surface area (Å²) >= 11 is 0. The van der Waals surface area contributed by atoms with Crippen molar-refractivity contribution in [1.29, 1.82) is 10.5 Å². The van der Waals surface area contributed by atoms with E-state index in [9.17, 15) is 30.0 Å². The van der Waals surface area contributed by atoms with Crippen LogP contribution >= 0.6 is 0 Å². The number of aliphatic carboxylic acids is 2. The summed E-state index contributed by atoms with van der Waals surface area (Å²) in [6.45, 7) is 0.285. The zero-order valence-corrected chi connectivity index (χ0v) is 20.0. The minimum absolute atomic E-state index is 0.00670. The lowest BCUT2D eigenvalue weighted by Gasteiger charge is -2.29. The number of nitrogens with two attached hydrogens (primary N) is 2. The fraction of sp³-hybridized carbons (Fsp3) is 0.261. The number of nitriles is 2. The van der Waals surface area contributed by atoms with Crippen molar-refractivity contribution in [1.82, 2.24) is 24.8 Å². The van der Waals surface area contributed by atoms with E-state index in [2.05, 4.69) is 19.9 Å². The lowest BCUT2D eigenvalue weighted by atomic mass is 10.0. The van der Waals surface area contributed by atoms with E-state index in [-0.39, 0.29) is 29.5 Å². The van der Waals surface area contributed by atoms with Crippen LogP contribution in [0.3, 0.4) is 0 Å². The summed E-state index contributed by atoms with van der Waals surface area (Å²) in [5, 5.41) is 37.2. The van der Waals surface area contributed by atoms with Crippen molar-refractivity contribution in [2.75, 3.05) is 23.4 Å². The maximum absolute atomic E-state index is 13.2. The molecule has 0 radical (unpaired) electrons. The number of hydrogen-bond donors (Lipinski definition) is 4. The molecule has 2 heterocycles. The van der Waals surface area contributed by atoms with Gasteiger partial charge in [-0.1, -0.05) is 0 Å². The van der Waals surface area contributed by atoms with Crippen LogP contribution in [0.15, 0.2) is 30.5 Å². The molecule has 1 amide bonds. The Morgan fingerprint density at radius 3 is 2.29 bits per heavy atom. The van der Waals surface area contributed by atoms with Crippen LogP contribution in [-0.4, -0.2) is 72.0 Å². The Morgan fingerprint density at radius 1 is 1.05 bits per heavy atom. The van der Waals surface area contributed by atoms with Gasteiger partial charge in [0.2, 0.25) is 12.0 Å². The van der Waals surface area contributed by atoms with E-state index < -0.39 is 42.8 Å². The number of fused-ring (bicyclic) bond motifs is 1. The van der Waals surface area contributed by atoms with Crippen LogP contribution in [0.5, 0.6) is 0 Å². The van der Waals surface area contributed by atoms with Crippen LogP contribution in [0.2, 0.25) is 0 Å². The van der Waals surface area contributed by atoms with E-state index >= 15 is 0 Å². The first-order valence-electron chi connectivity index (χ1n) is 11.0. The number of carboxylic acid groups (broad SMARTS) is 2. The Labute approximate surface area is 215 Å². The number of rotatable bonds is 10. The number of carbonyl (C=O) groups is 3. The van der Waals surface area contributed by atoms with Crippen molar-refractivity contribution in [2.24, 2.45) is 0 Å². The third-order valence-corrected chi connectivity index (χ3v) is 5.47. The highest BCUT2D eigenvalue weighted by atomic mass is 16.4. The topological polar surface area (TPSA) is 249 Å². The zero-order valence-electron chi connectivity index (χ0n) is 20.0. The van der Waals surface area contributed by atoms with Gasteiger partial charge in [-0.25, -0.2) is 14.8 Å². The van der Waals surface area contributed by atoms with Gasteiger partial charge in [0, 0.05) is 24.7 Å². The predicted octanol–water partition coefficient (Wildman–Crippen LogP) is 0.397. The maximum atomic E-state index is 13.2. The van der Waals surface area contributed by atoms with Gasteiger partial charge in [0.1, 0.15) is 18.2 Å². The molecule has 0 saturated carbocycles. The molecule has 15 heteroatoms. The summed E-state index contributed by atoms with van der Waals surface area (Å²) < 4.78 is 0. The Balaban J connectivity index is 1.83. The number of benzene rings is 1. The molecule has 0 saturated heterocycles. The second-order valence-electron chi connectivity index (χ2n) is 8.06. The van der Waals surface area contributed by atoms with Crippen molar-refractivity contribution < 1.29 is 24.6 Å². The SMILES string of the molecule is CN(Cc1cnc2nc(N)nc(N)c2n1)c1ccc(C(=O)N(C(C#N)C#N)[C@@H](CCC(=O)O)C(=O)O)cc1. The highest BCUT2D eigenvalue weighted by Crippen LogP contribution is 2.21. The van der Waals surface area contributed by atoms with Gasteiger partial charge < -0.3 is 26.6 Å². The molecular weight excluding hydrogens is 496 g/mol. The first-order valence-corrected chi connectivity index (χ1v) is 11.0. The number of amides is 1. The van der Waals surface area contributed by atoms with E-state index in [4.69, 9.17) is 16.6 Å². The number of nitrogens with zero attached hydrogens (tertiary/aromatic N) is 8. The van der Waals surface area contributed by atoms with Crippen LogP contribution in [0.1, 0.15) is 28.9 Å². The molecule has 3 rings (SSSR count). The fourth-order valence-corrected chi connectivity index (χ4v) is 3.63. The standard InChI is InChI=1S/C23H22N10O5/c1-32(11-13-10-28-20-18(29-13)19(26)30-23(27)31-20)14-4-2-12(3-5-14)21(36)33(15(8-24)9-25)16(22(37)38)6-7-17(34)35/h2-5,10,15-16H,6-7,11H2,1H3,(H,34,35)(H,37,38)(H4,26,27,28,30,31)/t16-/m0/s1. The second kappa shape index (κ2) is 11.4. The third kappa shape index (κ3) is 5.97. The van der Waals surface area contributed by atoms with Gasteiger partial charge in [-0.15, -0.1) is 0 Å². The average Bonchev–Trinajstić information content (AvgIpc) is 2.88. The molecular formula is C23H22N10O5. The summed E-state index contributed by atoms with van der Waals surface area (Å²) in [6, 6.07) is 5.73. The largest absolute Gasteiger partial charge is 0.481 e. The second-order valence-corrected chi connectivity index (χ2v) is 8.06. The van der Waals surface area contributed by atoms with Crippen LogP contribution in [0.25, 0.3) is 11.2 Å². The van der Waals surface area contributed by atoms with Gasteiger partial charge in [0.15, 0.2) is 17.0 Å². The molecule has 38 heavy (non-hydrogen) atoms. The Kier molecular flexibility index (Phi) is 8.14. The quantitative estimate of drug-likeness (QED) is 0.283. The van der Waals surface area contributed by atoms with E-state index in [1.807, 2.05) is 0 Å². The molecule has 15 nitrogen and oxygen atoms in total. The van der Waals surface area contributed by atoms with Crippen LogP contribution < -0.4 is 16.4 Å². The summed E-state index contributed by atoms with van der Waals surface area (Å²) in [6.07, 6.45) is 0.455. The molecule has 0 unspecified atom stereocenters. The van der Waals surface area contributed by atoms with Gasteiger partial charge in [-0.05, 0) is 30.7 Å². The Morgan fingerprint density at radius 2 is 1.71 bits per heavy atom. The highest BCUT2D eigenvalue weighted by molar-refractivity contribution is 5.97. The first kappa shape index (κ1) is 27.0. The number of carbonyl (C=O) groups excluding carboxylic acids is 1. The highest BCUT2D eigenvalue weighted by Gasteiger charge is 2.36. The molecule has 194 valence electrons. The molecule has 0 aliphatic rings. The van der Waals surface area contributed by atoms with Gasteiger partial charge in [0.05, 0.1) is 18.4 Å². The Hall–Kier alpha value is -5.57. The van der Waals surface area contributed by atoms with Crippen LogP contribution in [0, 0.1) is 22.7 Å². The lowest BCUT2D eigenvalue weighted by molar-refractivity contribution is -0.143. The smallest absolute Gasteiger partial charge is 0.326 e.